The van der Waals surface area contributed by atoms with E-state index in [4.69, 9.17) is 9.90 Å². The van der Waals surface area contributed by atoms with Gasteiger partial charge in [0.1, 0.15) is 11.9 Å². The highest BCUT2D eigenvalue weighted by Gasteiger charge is 2.46. The van der Waals surface area contributed by atoms with E-state index in [2.05, 4.69) is 14.9 Å². The second kappa shape index (κ2) is 10.2. The Balaban J connectivity index is 0.000000821. The number of aromatic nitrogens is 3. The maximum Gasteiger partial charge on any atom is 0.290 e. The summed E-state index contributed by atoms with van der Waals surface area (Å²) < 4.78 is 1.74. The zero-order chi connectivity index (χ0) is 23.4. The van der Waals surface area contributed by atoms with Crippen LogP contribution < -0.4 is 5.56 Å². The molecule has 0 radical (unpaired) electrons. The second-order valence-corrected chi connectivity index (χ2v) is 8.77. The van der Waals surface area contributed by atoms with Crippen LogP contribution in [-0.4, -0.2) is 79.2 Å². The van der Waals surface area contributed by atoms with Crippen LogP contribution in [0.25, 0.3) is 0 Å². The van der Waals surface area contributed by atoms with E-state index in [0.717, 1.165) is 43.9 Å². The Bertz CT molecular complexity index is 1030. The molecule has 4 atom stereocenters. The lowest BCUT2D eigenvalue weighted by Crippen LogP contribution is -2.54. The fourth-order valence-electron chi connectivity index (χ4n) is 5.57. The van der Waals surface area contributed by atoms with E-state index < -0.39 is 6.04 Å². The van der Waals surface area contributed by atoms with Crippen molar-refractivity contribution in [2.75, 3.05) is 26.2 Å². The fourth-order valence-corrected chi connectivity index (χ4v) is 5.57. The normalized spacial score (nSPS) is 26.2. The Morgan fingerprint density at radius 3 is 2.67 bits per heavy atom. The van der Waals surface area contributed by atoms with E-state index in [1.807, 2.05) is 6.07 Å². The standard InChI is InChI=1S/C22H27N5O3.CH2O2/c28-14-17-4-2-9-26(17)22(30)21-16-10-15(18-5-1-6-20(29)27(18)21)11-25(12-16)13-19-23-7-3-8-24-19;2-1-3/h1,3,5-8,15-17,21,28H,2,4,9-14H2;1H,(H,2,3)/t15-,16+,17+,21-;/m1./s1. The number of carboxylic acid groups (broad SMARTS) is 1. The summed E-state index contributed by atoms with van der Waals surface area (Å²) in [5, 5.41) is 16.6. The van der Waals surface area contributed by atoms with Crippen molar-refractivity contribution in [1.29, 1.82) is 0 Å². The summed E-state index contributed by atoms with van der Waals surface area (Å²) in [5.41, 5.74) is 0.829. The lowest BCUT2D eigenvalue weighted by Gasteiger charge is -2.47. The van der Waals surface area contributed by atoms with Gasteiger partial charge in [-0.05, 0) is 31.4 Å². The number of amides is 1. The molecule has 0 saturated carbocycles. The van der Waals surface area contributed by atoms with Gasteiger partial charge in [-0.2, -0.15) is 0 Å². The van der Waals surface area contributed by atoms with Gasteiger partial charge in [-0.1, -0.05) is 6.07 Å². The third-order valence-electron chi connectivity index (χ3n) is 6.83. The number of likely N-dealkylation sites (tertiary alicyclic amines) is 2. The van der Waals surface area contributed by atoms with Crippen LogP contribution in [0.5, 0.6) is 0 Å². The molecule has 2 fully saturated rings. The Hall–Kier alpha value is -3.11. The molecule has 2 aromatic heterocycles. The summed E-state index contributed by atoms with van der Waals surface area (Å²) in [7, 11) is 0. The summed E-state index contributed by atoms with van der Waals surface area (Å²) in [6, 6.07) is 6.47. The summed E-state index contributed by atoms with van der Waals surface area (Å²) >= 11 is 0. The number of nitrogens with zero attached hydrogens (tertiary/aromatic N) is 5. The molecule has 5 heterocycles. The number of hydrogen-bond donors (Lipinski definition) is 2. The van der Waals surface area contributed by atoms with Gasteiger partial charge < -0.3 is 15.1 Å². The quantitative estimate of drug-likeness (QED) is 0.637. The first-order valence-electron chi connectivity index (χ1n) is 11.3. The number of carbonyl (C=O) groups excluding carboxylic acids is 1. The van der Waals surface area contributed by atoms with Gasteiger partial charge in [-0.3, -0.25) is 23.9 Å². The molecule has 2 aromatic rings. The zero-order valence-corrected chi connectivity index (χ0v) is 18.4. The molecule has 33 heavy (non-hydrogen) atoms. The molecule has 3 aliphatic rings. The van der Waals surface area contributed by atoms with Crippen LogP contribution in [0.1, 0.15) is 42.7 Å². The molecule has 5 rings (SSSR count). The van der Waals surface area contributed by atoms with E-state index >= 15 is 0 Å². The molecule has 1 amide bonds. The molecule has 0 aromatic carbocycles. The Kier molecular flexibility index (Phi) is 7.14. The van der Waals surface area contributed by atoms with Crippen LogP contribution in [-0.2, 0) is 16.1 Å². The number of carbonyl (C=O) groups is 2. The van der Waals surface area contributed by atoms with Crippen molar-refractivity contribution in [3.05, 3.63) is 58.5 Å². The van der Waals surface area contributed by atoms with Crippen molar-refractivity contribution < 1.29 is 19.8 Å². The average molecular weight is 456 g/mol. The highest BCUT2D eigenvalue weighted by molar-refractivity contribution is 5.82. The van der Waals surface area contributed by atoms with Gasteiger partial charge in [0, 0.05) is 55.6 Å². The second-order valence-electron chi connectivity index (χ2n) is 8.77. The highest BCUT2D eigenvalue weighted by Crippen LogP contribution is 2.42. The van der Waals surface area contributed by atoms with E-state index in [0.29, 0.717) is 13.1 Å². The Morgan fingerprint density at radius 2 is 1.94 bits per heavy atom. The van der Waals surface area contributed by atoms with Crippen LogP contribution in [0.3, 0.4) is 0 Å². The molecule has 0 spiro atoms. The molecular weight excluding hydrogens is 426 g/mol. The number of rotatable bonds is 4. The molecule has 10 nitrogen and oxygen atoms in total. The lowest BCUT2D eigenvalue weighted by atomic mass is 9.78. The minimum absolute atomic E-state index is 0.0256. The van der Waals surface area contributed by atoms with Crippen LogP contribution >= 0.6 is 0 Å². The van der Waals surface area contributed by atoms with E-state index in [-0.39, 0.29) is 42.4 Å². The van der Waals surface area contributed by atoms with E-state index in [9.17, 15) is 14.7 Å². The van der Waals surface area contributed by atoms with Gasteiger partial charge in [0.05, 0.1) is 19.2 Å². The monoisotopic (exact) mass is 455 g/mol. The van der Waals surface area contributed by atoms with Gasteiger partial charge in [0.25, 0.3) is 12.0 Å². The molecule has 2 bridgehead atoms. The average Bonchev–Trinajstić information content (AvgIpc) is 3.30. The molecule has 3 aliphatic heterocycles. The summed E-state index contributed by atoms with van der Waals surface area (Å²) in [6.07, 6.45) is 6.10. The van der Waals surface area contributed by atoms with Gasteiger partial charge >= 0.3 is 0 Å². The first kappa shape index (κ1) is 23.1. The number of piperidine rings is 1. The Labute approximate surface area is 191 Å². The van der Waals surface area contributed by atoms with Gasteiger partial charge in [0.2, 0.25) is 5.91 Å². The number of aliphatic hydroxyl groups is 1. The van der Waals surface area contributed by atoms with E-state index in [1.165, 1.54) is 0 Å². The number of aliphatic hydroxyl groups excluding tert-OH is 1. The fraction of sp³-hybridized carbons (Fsp3) is 0.522. The van der Waals surface area contributed by atoms with Crippen LogP contribution in [0, 0.1) is 5.92 Å². The molecule has 2 saturated heterocycles. The lowest BCUT2D eigenvalue weighted by molar-refractivity contribution is -0.140. The van der Waals surface area contributed by atoms with Gasteiger partial charge in [0.15, 0.2) is 0 Å². The van der Waals surface area contributed by atoms with Crippen molar-refractivity contribution in [3.63, 3.8) is 0 Å². The minimum Gasteiger partial charge on any atom is -0.483 e. The van der Waals surface area contributed by atoms with Crippen molar-refractivity contribution in [2.24, 2.45) is 5.92 Å². The molecule has 0 unspecified atom stereocenters. The van der Waals surface area contributed by atoms with Crippen LogP contribution in [0.4, 0.5) is 0 Å². The van der Waals surface area contributed by atoms with Crippen molar-refractivity contribution >= 4 is 12.4 Å². The molecule has 10 heteroatoms. The molecule has 2 N–H and O–H groups in total. The predicted octanol–water partition coefficient (Wildman–Crippen LogP) is 0.483. The van der Waals surface area contributed by atoms with Crippen molar-refractivity contribution in [1.82, 2.24) is 24.3 Å². The van der Waals surface area contributed by atoms with Crippen molar-refractivity contribution in [2.45, 2.75) is 43.8 Å². The maximum absolute atomic E-state index is 13.7. The Morgan fingerprint density at radius 1 is 1.18 bits per heavy atom. The first-order chi connectivity index (χ1) is 16.1. The SMILES string of the molecule is O=C([C@H]1[C@H]2C[C@H](CN(Cc3ncccn3)C2)c2cccc(=O)n21)N1CCC[C@H]1CO.O=CO. The third kappa shape index (κ3) is 4.67. The zero-order valence-electron chi connectivity index (χ0n) is 18.4. The van der Waals surface area contributed by atoms with E-state index in [1.54, 1.807) is 40.1 Å². The molecule has 0 aliphatic carbocycles. The number of pyridine rings is 1. The smallest absolute Gasteiger partial charge is 0.290 e. The van der Waals surface area contributed by atoms with Crippen molar-refractivity contribution in [3.8, 4) is 0 Å². The van der Waals surface area contributed by atoms with Crippen LogP contribution in [0.15, 0.2) is 41.5 Å². The maximum atomic E-state index is 13.7. The number of fused-ring (bicyclic) bond motifs is 4. The minimum atomic E-state index is -0.517. The highest BCUT2D eigenvalue weighted by atomic mass is 16.3. The summed E-state index contributed by atoms with van der Waals surface area (Å²) in [5.74, 6) is 0.998. The topological polar surface area (TPSA) is 129 Å². The van der Waals surface area contributed by atoms with Gasteiger partial charge in [-0.15, -0.1) is 0 Å². The number of hydrogen-bond acceptors (Lipinski definition) is 7. The van der Waals surface area contributed by atoms with Crippen LogP contribution in [0.2, 0.25) is 0 Å². The molecule has 176 valence electrons. The summed E-state index contributed by atoms with van der Waals surface area (Å²) in [4.78, 5) is 47.7. The largest absolute Gasteiger partial charge is 0.483 e. The van der Waals surface area contributed by atoms with Gasteiger partial charge in [-0.25, -0.2) is 9.97 Å². The predicted molar refractivity (Wildman–Crippen MR) is 118 cm³/mol. The summed E-state index contributed by atoms with van der Waals surface area (Å²) in [6.45, 7) is 2.55. The first-order valence-corrected chi connectivity index (χ1v) is 11.3. The third-order valence-corrected chi connectivity index (χ3v) is 6.83. The molecular formula is C23H29N5O5.